The van der Waals surface area contributed by atoms with Crippen molar-refractivity contribution >= 4 is 5.70 Å². The second kappa shape index (κ2) is 6.93. The van der Waals surface area contributed by atoms with Crippen LogP contribution >= 0.6 is 0 Å². The molecule has 3 heteroatoms. The van der Waals surface area contributed by atoms with Gasteiger partial charge in [0.15, 0.2) is 0 Å². The number of benzene rings is 1. The van der Waals surface area contributed by atoms with Crippen LogP contribution in [0.5, 0.6) is 5.75 Å². The summed E-state index contributed by atoms with van der Waals surface area (Å²) in [6, 6.07) is 10.3. The molecule has 0 saturated carbocycles. The highest BCUT2D eigenvalue weighted by Gasteiger charge is 2.03. The van der Waals surface area contributed by atoms with Crippen LogP contribution in [0.1, 0.15) is 22.4 Å². The van der Waals surface area contributed by atoms with E-state index in [4.69, 9.17) is 4.74 Å². The van der Waals surface area contributed by atoms with Crippen molar-refractivity contribution in [3.63, 3.8) is 0 Å². The summed E-state index contributed by atoms with van der Waals surface area (Å²) in [5, 5.41) is 3.37. The zero-order chi connectivity index (χ0) is 15.2. The van der Waals surface area contributed by atoms with Gasteiger partial charge in [0.2, 0.25) is 0 Å². The zero-order valence-corrected chi connectivity index (χ0v) is 12.9. The molecular weight excluding hydrogens is 260 g/mol. The number of ether oxygens (including phenoxy) is 1. The van der Waals surface area contributed by atoms with E-state index in [-0.39, 0.29) is 0 Å². The molecule has 1 aromatic heterocycles. The fourth-order valence-corrected chi connectivity index (χ4v) is 2.35. The lowest BCUT2D eigenvalue weighted by Crippen LogP contribution is -2.16. The van der Waals surface area contributed by atoms with Gasteiger partial charge in [0, 0.05) is 29.7 Å². The molecule has 1 aromatic carbocycles. The summed E-state index contributed by atoms with van der Waals surface area (Å²) in [7, 11) is 1.70. The molecule has 2 rings (SSSR count). The van der Waals surface area contributed by atoms with Gasteiger partial charge in [0.25, 0.3) is 0 Å². The quantitative estimate of drug-likeness (QED) is 0.880. The van der Waals surface area contributed by atoms with Crippen molar-refractivity contribution in [3.8, 4) is 5.75 Å². The van der Waals surface area contributed by atoms with E-state index in [1.165, 1.54) is 5.56 Å². The molecule has 0 spiro atoms. The minimum atomic E-state index is 0.846. The van der Waals surface area contributed by atoms with Gasteiger partial charge in [0.1, 0.15) is 5.75 Å². The van der Waals surface area contributed by atoms with Gasteiger partial charge in [-0.2, -0.15) is 0 Å². The lowest BCUT2D eigenvalue weighted by atomic mass is 10.1. The number of aromatic nitrogens is 1. The Kier molecular flexibility index (Phi) is 4.99. The van der Waals surface area contributed by atoms with Crippen molar-refractivity contribution in [1.82, 2.24) is 10.3 Å². The Morgan fingerprint density at radius 1 is 1.29 bits per heavy atom. The summed E-state index contributed by atoms with van der Waals surface area (Å²) in [4.78, 5) is 4.28. The normalized spacial score (nSPS) is 10.2. The van der Waals surface area contributed by atoms with Gasteiger partial charge in [-0.1, -0.05) is 18.7 Å². The molecule has 0 bridgehead atoms. The van der Waals surface area contributed by atoms with E-state index >= 15 is 0 Å². The Morgan fingerprint density at radius 3 is 2.76 bits per heavy atom. The third-order valence-corrected chi connectivity index (χ3v) is 3.54. The van der Waals surface area contributed by atoms with Gasteiger partial charge in [-0.15, -0.1) is 0 Å². The monoisotopic (exact) mass is 282 g/mol. The van der Waals surface area contributed by atoms with E-state index in [2.05, 4.69) is 35.9 Å². The van der Waals surface area contributed by atoms with E-state index in [1.807, 2.05) is 25.1 Å². The number of nitrogens with zero attached hydrogens (tertiary/aromatic N) is 1. The second-order valence-electron chi connectivity index (χ2n) is 5.10. The van der Waals surface area contributed by atoms with E-state index in [9.17, 15) is 0 Å². The number of pyridine rings is 1. The molecule has 0 unspecified atom stereocenters. The van der Waals surface area contributed by atoms with Crippen LogP contribution in [0.2, 0.25) is 0 Å². The first kappa shape index (κ1) is 15.1. The Hall–Kier alpha value is -2.29. The molecular formula is C18H22N2O. The smallest absolute Gasteiger partial charge is 0.121 e. The number of hydrogen-bond acceptors (Lipinski definition) is 3. The Morgan fingerprint density at radius 2 is 2.10 bits per heavy atom. The van der Waals surface area contributed by atoms with Crippen molar-refractivity contribution in [2.75, 3.05) is 13.7 Å². The van der Waals surface area contributed by atoms with E-state index < -0.39 is 0 Å². The number of rotatable bonds is 6. The Balaban J connectivity index is 1.91. The highest BCUT2D eigenvalue weighted by atomic mass is 16.5. The first-order valence-electron chi connectivity index (χ1n) is 7.10. The lowest BCUT2D eigenvalue weighted by Gasteiger charge is -2.12. The van der Waals surface area contributed by atoms with Crippen molar-refractivity contribution in [2.45, 2.75) is 20.3 Å². The van der Waals surface area contributed by atoms with E-state index in [0.29, 0.717) is 0 Å². The summed E-state index contributed by atoms with van der Waals surface area (Å²) in [6.45, 7) is 9.00. The topological polar surface area (TPSA) is 34.1 Å². The Labute approximate surface area is 126 Å². The number of nitrogens with one attached hydrogen (secondary N) is 1. The van der Waals surface area contributed by atoms with Crippen LogP contribution in [0, 0.1) is 13.8 Å². The largest absolute Gasteiger partial charge is 0.496 e. The average Bonchev–Trinajstić information content (AvgIpc) is 2.48. The van der Waals surface area contributed by atoms with Crippen molar-refractivity contribution in [3.05, 3.63) is 65.5 Å². The molecule has 0 radical (unpaired) electrons. The lowest BCUT2D eigenvalue weighted by molar-refractivity contribution is 0.411. The van der Waals surface area contributed by atoms with E-state index in [1.54, 1.807) is 13.3 Å². The maximum absolute atomic E-state index is 5.28. The maximum atomic E-state index is 5.28. The van der Waals surface area contributed by atoms with Gasteiger partial charge in [-0.05, 0) is 49.6 Å². The van der Waals surface area contributed by atoms with Crippen LogP contribution in [0.15, 0.2) is 43.1 Å². The van der Waals surface area contributed by atoms with Crippen LogP contribution in [0.25, 0.3) is 5.70 Å². The van der Waals surface area contributed by atoms with Crippen LogP contribution < -0.4 is 10.1 Å². The molecule has 110 valence electrons. The SMILES string of the molecule is C=C(NCCc1ccc(OC)c(C)c1)c1cccnc1C. The molecule has 1 N–H and O–H groups in total. The fourth-order valence-electron chi connectivity index (χ4n) is 2.35. The number of hydrogen-bond donors (Lipinski definition) is 1. The zero-order valence-electron chi connectivity index (χ0n) is 12.9. The van der Waals surface area contributed by atoms with E-state index in [0.717, 1.165) is 41.2 Å². The summed E-state index contributed by atoms with van der Waals surface area (Å²) in [5.41, 5.74) is 5.44. The number of aryl methyl sites for hydroxylation is 2. The second-order valence-corrected chi connectivity index (χ2v) is 5.10. The predicted molar refractivity (Wildman–Crippen MR) is 87.4 cm³/mol. The summed E-state index contributed by atoms with van der Waals surface area (Å²) in [5.74, 6) is 0.933. The van der Waals surface area contributed by atoms with Crippen molar-refractivity contribution in [1.29, 1.82) is 0 Å². The van der Waals surface area contributed by atoms with Gasteiger partial charge >= 0.3 is 0 Å². The molecule has 1 heterocycles. The first-order chi connectivity index (χ1) is 10.1. The summed E-state index contributed by atoms with van der Waals surface area (Å²) in [6.07, 6.45) is 2.75. The molecule has 2 aromatic rings. The predicted octanol–water partition coefficient (Wildman–Crippen LogP) is 3.51. The standard InChI is InChI=1S/C18H22N2O/c1-13-12-16(7-8-18(13)21-4)9-11-20-15(3)17-6-5-10-19-14(17)2/h5-8,10,12,20H,3,9,11H2,1-2,4H3. The molecule has 0 atom stereocenters. The minimum Gasteiger partial charge on any atom is -0.496 e. The third-order valence-electron chi connectivity index (χ3n) is 3.54. The minimum absolute atomic E-state index is 0.846. The van der Waals surface area contributed by atoms with Gasteiger partial charge in [-0.3, -0.25) is 4.98 Å². The van der Waals surface area contributed by atoms with Gasteiger partial charge < -0.3 is 10.1 Å². The van der Waals surface area contributed by atoms with Gasteiger partial charge in [-0.25, -0.2) is 0 Å². The van der Waals surface area contributed by atoms with Crippen molar-refractivity contribution in [2.24, 2.45) is 0 Å². The highest BCUT2D eigenvalue weighted by Crippen LogP contribution is 2.19. The van der Waals surface area contributed by atoms with Crippen LogP contribution in [-0.4, -0.2) is 18.6 Å². The van der Waals surface area contributed by atoms with Crippen LogP contribution in [-0.2, 0) is 6.42 Å². The van der Waals surface area contributed by atoms with Gasteiger partial charge in [0.05, 0.1) is 7.11 Å². The number of methoxy groups -OCH3 is 1. The average molecular weight is 282 g/mol. The first-order valence-corrected chi connectivity index (χ1v) is 7.10. The highest BCUT2D eigenvalue weighted by molar-refractivity contribution is 5.63. The summed E-state index contributed by atoms with van der Waals surface area (Å²) >= 11 is 0. The molecule has 0 aliphatic heterocycles. The molecule has 0 aliphatic carbocycles. The maximum Gasteiger partial charge on any atom is 0.121 e. The molecule has 3 nitrogen and oxygen atoms in total. The molecule has 0 fully saturated rings. The molecule has 0 aliphatic rings. The van der Waals surface area contributed by atoms with Crippen LogP contribution in [0.4, 0.5) is 0 Å². The summed E-state index contributed by atoms with van der Waals surface area (Å²) < 4.78 is 5.28. The Bertz CT molecular complexity index is 635. The molecule has 0 saturated heterocycles. The molecule has 0 amide bonds. The third kappa shape index (κ3) is 3.85. The fraction of sp³-hybridized carbons (Fsp3) is 0.278. The van der Waals surface area contributed by atoms with Crippen LogP contribution in [0.3, 0.4) is 0 Å². The molecule has 21 heavy (non-hydrogen) atoms. The van der Waals surface area contributed by atoms with Crippen molar-refractivity contribution < 1.29 is 4.74 Å².